The molecule has 2 amide bonds. The normalized spacial score (nSPS) is 19.2. The lowest BCUT2D eigenvalue weighted by Gasteiger charge is -2.32. The maximum atomic E-state index is 13.3. The number of guanidine groups is 1. The van der Waals surface area contributed by atoms with Gasteiger partial charge in [-0.05, 0) is 47.2 Å². The third-order valence-corrected chi connectivity index (χ3v) is 8.92. The number of carboxylic acid groups (broad SMARTS) is 1. The van der Waals surface area contributed by atoms with E-state index in [2.05, 4.69) is 15.6 Å². The van der Waals surface area contributed by atoms with Crippen molar-refractivity contribution in [1.29, 1.82) is 5.26 Å². The van der Waals surface area contributed by atoms with Crippen molar-refractivity contribution in [1.82, 2.24) is 20.4 Å². The molecular weight excluding hydrogens is 603 g/mol. The summed E-state index contributed by atoms with van der Waals surface area (Å²) in [5.74, 6) is -2.10. The number of nitrogens with zero attached hydrogens (tertiary/aromatic N) is 4. The number of β-amino-alcohol motifs (C(OH)–C–C–N with tert-alkyl or cyclic N) is 1. The first-order valence-corrected chi connectivity index (χ1v) is 14.7. The van der Waals surface area contributed by atoms with Crippen LogP contribution >= 0.6 is 34.5 Å². The zero-order valence-electron chi connectivity index (χ0n) is 22.1. The van der Waals surface area contributed by atoms with E-state index in [1.54, 1.807) is 22.1 Å². The second-order valence-electron chi connectivity index (χ2n) is 9.99. The van der Waals surface area contributed by atoms with E-state index in [9.17, 15) is 24.6 Å². The summed E-state index contributed by atoms with van der Waals surface area (Å²) in [6, 6.07) is 11.3. The number of alkyl halides is 1. The van der Waals surface area contributed by atoms with E-state index in [1.807, 2.05) is 30.3 Å². The predicted molar refractivity (Wildman–Crippen MR) is 159 cm³/mol. The van der Waals surface area contributed by atoms with Crippen molar-refractivity contribution in [3.05, 3.63) is 69.1 Å². The van der Waals surface area contributed by atoms with E-state index in [0.717, 1.165) is 10.1 Å². The highest BCUT2D eigenvalue weighted by Crippen LogP contribution is 2.36. The Kier molecular flexibility index (Phi) is 8.84. The van der Waals surface area contributed by atoms with Crippen LogP contribution in [0.1, 0.15) is 43.0 Å². The molecule has 1 saturated heterocycles. The number of carbonyl (C=O) groups is 3. The van der Waals surface area contributed by atoms with Crippen LogP contribution in [-0.4, -0.2) is 82.1 Å². The third kappa shape index (κ3) is 6.29. The molecule has 0 spiro atoms. The minimum Gasteiger partial charge on any atom is -0.480 e. The summed E-state index contributed by atoms with van der Waals surface area (Å²) in [5, 5.41) is 33.8. The molecule has 3 atom stereocenters. The van der Waals surface area contributed by atoms with Gasteiger partial charge in [0.05, 0.1) is 33.5 Å². The van der Waals surface area contributed by atoms with E-state index in [4.69, 9.17) is 28.5 Å². The van der Waals surface area contributed by atoms with Crippen LogP contribution in [0.25, 0.3) is 10.1 Å². The lowest BCUT2D eigenvalue weighted by atomic mass is 9.96. The molecule has 42 heavy (non-hydrogen) atoms. The summed E-state index contributed by atoms with van der Waals surface area (Å²) in [7, 11) is 0. The number of aliphatic hydroxyl groups excluding tert-OH is 1. The van der Waals surface area contributed by atoms with Gasteiger partial charge >= 0.3 is 5.97 Å². The molecule has 2 aliphatic rings. The summed E-state index contributed by atoms with van der Waals surface area (Å²) in [6.45, 7) is 0.786. The lowest BCUT2D eigenvalue weighted by molar-refractivity contribution is -0.138. The zero-order valence-corrected chi connectivity index (χ0v) is 24.4. The van der Waals surface area contributed by atoms with Gasteiger partial charge in [-0.15, -0.1) is 22.9 Å². The number of aliphatic hydroxyl groups is 1. The number of hydrogen-bond acceptors (Lipinski definition) is 7. The molecule has 0 radical (unpaired) electrons. The molecule has 1 fully saturated rings. The number of fused-ring (bicyclic) bond motifs is 2. The van der Waals surface area contributed by atoms with Crippen molar-refractivity contribution >= 4 is 68.4 Å². The quantitative estimate of drug-likeness (QED) is 0.106. The molecule has 3 aromatic rings. The molecule has 5 rings (SSSR count). The monoisotopic (exact) mass is 628 g/mol. The largest absolute Gasteiger partial charge is 0.480 e. The SMILES string of the molecule is N#CNC(=NC[C@H](NC(=O)c1cc2c(cc1Cl)CN(C(=O)c1cc3ccccc3s1)CC2Cl)C(=O)O)N1CC[C@H](O)C1. The van der Waals surface area contributed by atoms with E-state index < -0.39 is 29.4 Å². The van der Waals surface area contributed by atoms with Crippen molar-refractivity contribution in [2.24, 2.45) is 4.99 Å². The molecule has 0 aliphatic carbocycles. The van der Waals surface area contributed by atoms with Gasteiger partial charge in [0, 0.05) is 30.9 Å². The molecule has 14 heteroatoms. The number of thiophene rings is 1. The number of nitriles is 1. The molecule has 2 aliphatic heterocycles. The second-order valence-corrected chi connectivity index (χ2v) is 12.0. The Morgan fingerprint density at radius 2 is 1.98 bits per heavy atom. The molecule has 0 bridgehead atoms. The smallest absolute Gasteiger partial charge is 0.328 e. The summed E-state index contributed by atoms with van der Waals surface area (Å²) in [4.78, 5) is 46.4. The van der Waals surface area contributed by atoms with Crippen molar-refractivity contribution < 1.29 is 24.6 Å². The summed E-state index contributed by atoms with van der Waals surface area (Å²) >= 11 is 14.6. The Balaban J connectivity index is 1.31. The fourth-order valence-corrected chi connectivity index (χ4v) is 6.67. The van der Waals surface area contributed by atoms with Gasteiger partial charge < -0.3 is 25.3 Å². The van der Waals surface area contributed by atoms with Gasteiger partial charge in [-0.1, -0.05) is 29.8 Å². The molecule has 0 saturated carbocycles. The van der Waals surface area contributed by atoms with Crippen LogP contribution in [0.5, 0.6) is 0 Å². The van der Waals surface area contributed by atoms with Crippen LogP contribution in [-0.2, 0) is 11.3 Å². The first-order chi connectivity index (χ1) is 20.1. The number of likely N-dealkylation sites (tertiary alicyclic amines) is 1. The van der Waals surface area contributed by atoms with E-state index >= 15 is 0 Å². The standard InChI is InChI=1S/C28H26Cl2N6O5S/c29-20-7-16-11-36(26(39)24-8-15-3-1-2-4-23(15)42-24)13-21(30)18(16)9-19(20)25(38)34-22(27(40)41)10-32-28(33-14-31)35-6-5-17(37)12-35/h1-4,7-9,17,21-22,37H,5-6,10-13H2,(H,32,33)(H,34,38)(H,40,41)/t17-,21?,22-/m0/s1. The summed E-state index contributed by atoms with van der Waals surface area (Å²) in [5.41, 5.74) is 1.36. The highest BCUT2D eigenvalue weighted by Gasteiger charge is 2.31. The van der Waals surface area contributed by atoms with Crippen molar-refractivity contribution in [3.63, 3.8) is 0 Å². The average Bonchev–Trinajstić information content (AvgIpc) is 3.59. The second kappa shape index (κ2) is 12.5. The molecule has 1 unspecified atom stereocenters. The predicted octanol–water partition coefficient (Wildman–Crippen LogP) is 3.17. The van der Waals surface area contributed by atoms with Gasteiger partial charge in [0.25, 0.3) is 11.8 Å². The number of carbonyl (C=O) groups excluding carboxylic acids is 2. The summed E-state index contributed by atoms with van der Waals surface area (Å²) in [6.07, 6.45) is 1.66. The molecule has 218 valence electrons. The Hall–Kier alpha value is -3.89. The van der Waals surface area contributed by atoms with Crippen LogP contribution in [0.15, 0.2) is 47.5 Å². The Morgan fingerprint density at radius 1 is 1.19 bits per heavy atom. The highest BCUT2D eigenvalue weighted by molar-refractivity contribution is 7.20. The molecular formula is C28H26Cl2N6O5S. The highest BCUT2D eigenvalue weighted by atomic mass is 35.5. The molecule has 4 N–H and O–H groups in total. The number of aliphatic carboxylic acids is 1. The van der Waals surface area contributed by atoms with Crippen molar-refractivity contribution in [2.75, 3.05) is 26.2 Å². The molecule has 11 nitrogen and oxygen atoms in total. The van der Waals surface area contributed by atoms with Crippen molar-refractivity contribution in [2.45, 2.75) is 30.5 Å². The zero-order chi connectivity index (χ0) is 30.0. The van der Waals surface area contributed by atoms with Crippen molar-refractivity contribution in [3.8, 4) is 6.19 Å². The van der Waals surface area contributed by atoms with E-state index in [0.29, 0.717) is 29.0 Å². The lowest BCUT2D eigenvalue weighted by Crippen LogP contribution is -2.45. The Morgan fingerprint density at radius 3 is 2.67 bits per heavy atom. The minimum atomic E-state index is -1.42. The Labute approximate surface area is 254 Å². The maximum Gasteiger partial charge on any atom is 0.328 e. The fourth-order valence-electron chi connectivity index (χ4n) is 5.00. The van der Waals surface area contributed by atoms with Crippen LogP contribution in [0.2, 0.25) is 5.02 Å². The summed E-state index contributed by atoms with van der Waals surface area (Å²) < 4.78 is 1.01. The number of rotatable bonds is 6. The first-order valence-electron chi connectivity index (χ1n) is 13.0. The van der Waals surface area contributed by atoms with Gasteiger partial charge in [-0.2, -0.15) is 5.26 Å². The first kappa shape index (κ1) is 29.6. The number of amides is 2. The molecule has 3 heterocycles. The minimum absolute atomic E-state index is 0.0404. The van der Waals surface area contributed by atoms with Gasteiger partial charge in [0.2, 0.25) is 5.96 Å². The topological polar surface area (TPSA) is 158 Å². The molecule has 2 aromatic carbocycles. The van der Waals surface area contributed by atoms with Crippen LogP contribution in [0.4, 0.5) is 0 Å². The number of hydrogen-bond donors (Lipinski definition) is 4. The number of halogens is 2. The number of carboxylic acids is 1. The van der Waals surface area contributed by atoms with E-state index in [1.165, 1.54) is 17.4 Å². The van der Waals surface area contributed by atoms with Crippen LogP contribution < -0.4 is 10.6 Å². The number of benzene rings is 2. The maximum absolute atomic E-state index is 13.3. The van der Waals surface area contributed by atoms with Crippen LogP contribution in [0.3, 0.4) is 0 Å². The average molecular weight is 630 g/mol. The number of aliphatic imine (C=N–C) groups is 1. The van der Waals surface area contributed by atoms with Gasteiger partial charge in [0.1, 0.15) is 6.04 Å². The fraction of sp³-hybridized carbons (Fsp3) is 0.321. The third-order valence-electron chi connectivity index (χ3n) is 7.13. The Bertz CT molecular complexity index is 1590. The van der Waals surface area contributed by atoms with Gasteiger partial charge in [0.15, 0.2) is 6.19 Å². The number of nitrogens with one attached hydrogen (secondary N) is 2. The van der Waals surface area contributed by atoms with Crippen LogP contribution in [0, 0.1) is 11.5 Å². The molecule has 1 aromatic heterocycles. The van der Waals surface area contributed by atoms with Gasteiger partial charge in [-0.25, -0.2) is 9.79 Å². The van der Waals surface area contributed by atoms with Gasteiger partial charge in [-0.3, -0.25) is 14.9 Å². The van der Waals surface area contributed by atoms with E-state index in [-0.39, 0.29) is 48.6 Å².